The molecule has 0 radical (unpaired) electrons. The van der Waals surface area contributed by atoms with Gasteiger partial charge >= 0.3 is 0 Å². The fraction of sp³-hybridized carbons (Fsp3) is 0.829. The Labute approximate surface area is 219 Å². The molecule has 198 valence electrons. The number of hydrogen-bond acceptors (Lipinski definition) is 0. The third-order valence-electron chi connectivity index (χ3n) is 10.8. The normalized spacial score (nSPS) is 29.2. The lowest BCUT2D eigenvalue weighted by Gasteiger charge is -2.33. The molecule has 0 saturated heterocycles. The van der Waals surface area contributed by atoms with Gasteiger partial charge in [-0.15, -0.1) is 0 Å². The van der Waals surface area contributed by atoms with E-state index in [1.165, 1.54) is 135 Å². The SMILES string of the molecule is CCCCCC1CCC(c2ccc(CC(CCC3CCC(CC)CC3)C3CCCCC3)cc2)CC1. The van der Waals surface area contributed by atoms with Crippen molar-refractivity contribution in [2.75, 3.05) is 0 Å². The lowest BCUT2D eigenvalue weighted by atomic mass is 9.72. The Balaban J connectivity index is 1.27. The summed E-state index contributed by atoms with van der Waals surface area (Å²) in [7, 11) is 0. The number of benzene rings is 1. The quantitative estimate of drug-likeness (QED) is 0.262. The first-order valence-electron chi connectivity index (χ1n) is 16.3. The molecule has 3 fully saturated rings. The van der Waals surface area contributed by atoms with Crippen molar-refractivity contribution in [2.45, 2.75) is 155 Å². The Kier molecular flexibility index (Phi) is 11.6. The smallest absolute Gasteiger partial charge is 0.0162 e. The van der Waals surface area contributed by atoms with Gasteiger partial charge in [-0.2, -0.15) is 0 Å². The highest BCUT2D eigenvalue weighted by molar-refractivity contribution is 5.26. The second-order valence-electron chi connectivity index (χ2n) is 13.2. The van der Waals surface area contributed by atoms with Crippen LogP contribution < -0.4 is 0 Å². The van der Waals surface area contributed by atoms with Crippen LogP contribution in [0.15, 0.2) is 24.3 Å². The van der Waals surface area contributed by atoms with E-state index in [1.54, 1.807) is 11.1 Å². The second-order valence-corrected chi connectivity index (χ2v) is 13.2. The molecule has 1 aromatic rings. The van der Waals surface area contributed by atoms with Crippen LogP contribution in [0.2, 0.25) is 0 Å². The Hall–Kier alpha value is -0.780. The predicted molar refractivity (Wildman–Crippen MR) is 154 cm³/mol. The summed E-state index contributed by atoms with van der Waals surface area (Å²) in [5.41, 5.74) is 3.27. The minimum absolute atomic E-state index is 0.832. The van der Waals surface area contributed by atoms with Crippen molar-refractivity contribution < 1.29 is 0 Å². The molecule has 0 spiro atoms. The first-order chi connectivity index (χ1) is 17.2. The van der Waals surface area contributed by atoms with E-state index in [-0.39, 0.29) is 0 Å². The van der Waals surface area contributed by atoms with Crippen molar-refractivity contribution >= 4 is 0 Å². The van der Waals surface area contributed by atoms with E-state index in [9.17, 15) is 0 Å². The van der Waals surface area contributed by atoms with E-state index in [1.807, 2.05) is 0 Å². The third-order valence-corrected chi connectivity index (χ3v) is 10.8. The summed E-state index contributed by atoms with van der Waals surface area (Å²) in [5.74, 6) is 5.85. The summed E-state index contributed by atoms with van der Waals surface area (Å²) in [4.78, 5) is 0. The van der Waals surface area contributed by atoms with Gasteiger partial charge < -0.3 is 0 Å². The molecule has 1 atom stereocenters. The number of rotatable bonds is 12. The Morgan fingerprint density at radius 2 is 1.29 bits per heavy atom. The average molecular weight is 479 g/mol. The zero-order valence-electron chi connectivity index (χ0n) is 23.6. The van der Waals surface area contributed by atoms with E-state index in [4.69, 9.17) is 0 Å². The molecule has 0 heteroatoms. The Morgan fingerprint density at radius 3 is 1.94 bits per heavy atom. The summed E-state index contributed by atoms with van der Waals surface area (Å²) in [6.45, 7) is 4.73. The maximum absolute atomic E-state index is 2.53. The first-order valence-corrected chi connectivity index (χ1v) is 16.3. The van der Waals surface area contributed by atoms with E-state index >= 15 is 0 Å². The molecular formula is C35H58. The van der Waals surface area contributed by atoms with Crippen LogP contribution in [0.4, 0.5) is 0 Å². The van der Waals surface area contributed by atoms with Crippen LogP contribution in [-0.4, -0.2) is 0 Å². The van der Waals surface area contributed by atoms with Gasteiger partial charge in [-0.05, 0) is 85.2 Å². The molecule has 1 aromatic carbocycles. The first kappa shape index (κ1) is 27.3. The predicted octanol–water partition coefficient (Wildman–Crippen LogP) is 11.3. The lowest BCUT2D eigenvalue weighted by Crippen LogP contribution is -2.22. The van der Waals surface area contributed by atoms with Crippen LogP contribution in [0.3, 0.4) is 0 Å². The maximum atomic E-state index is 2.53. The van der Waals surface area contributed by atoms with E-state index in [0.29, 0.717) is 0 Å². The summed E-state index contributed by atoms with van der Waals surface area (Å²) in [5, 5.41) is 0. The van der Waals surface area contributed by atoms with Crippen LogP contribution in [0.5, 0.6) is 0 Å². The van der Waals surface area contributed by atoms with E-state index < -0.39 is 0 Å². The van der Waals surface area contributed by atoms with Gasteiger partial charge in [0.2, 0.25) is 0 Å². The van der Waals surface area contributed by atoms with Gasteiger partial charge in [0.25, 0.3) is 0 Å². The highest BCUT2D eigenvalue weighted by atomic mass is 14.3. The van der Waals surface area contributed by atoms with Crippen molar-refractivity contribution in [3.8, 4) is 0 Å². The van der Waals surface area contributed by atoms with Crippen molar-refractivity contribution in [3.63, 3.8) is 0 Å². The molecule has 0 N–H and O–H groups in total. The molecule has 3 aliphatic rings. The maximum Gasteiger partial charge on any atom is -0.0162 e. The average Bonchev–Trinajstić information content (AvgIpc) is 2.93. The molecule has 3 aliphatic carbocycles. The van der Waals surface area contributed by atoms with Crippen molar-refractivity contribution in [1.82, 2.24) is 0 Å². The van der Waals surface area contributed by atoms with Gasteiger partial charge in [-0.3, -0.25) is 0 Å². The van der Waals surface area contributed by atoms with Crippen LogP contribution in [0, 0.1) is 29.6 Å². The number of unbranched alkanes of at least 4 members (excludes halogenated alkanes) is 2. The minimum Gasteiger partial charge on any atom is -0.0654 e. The van der Waals surface area contributed by atoms with E-state index in [0.717, 1.165) is 35.5 Å². The standard InChI is InChI=1S/C35H58/c1-3-5-7-10-29-17-22-33(23-18-29)34-24-20-31(21-25-34)27-35(32-11-8-6-9-12-32)26-19-30-15-13-28(4-2)14-16-30/h20-21,24-25,28-30,32-33,35H,3-19,22-23,26-27H2,1-2H3. The topological polar surface area (TPSA) is 0 Å². The molecule has 0 aromatic heterocycles. The highest BCUT2D eigenvalue weighted by Gasteiger charge is 2.27. The largest absolute Gasteiger partial charge is 0.0654 e. The molecule has 35 heavy (non-hydrogen) atoms. The van der Waals surface area contributed by atoms with Crippen molar-refractivity contribution in [1.29, 1.82) is 0 Å². The summed E-state index contributed by atoms with van der Waals surface area (Å²) in [6, 6.07) is 10.1. The summed E-state index contributed by atoms with van der Waals surface area (Å²) < 4.78 is 0. The fourth-order valence-corrected chi connectivity index (χ4v) is 8.18. The fourth-order valence-electron chi connectivity index (χ4n) is 8.18. The monoisotopic (exact) mass is 478 g/mol. The van der Waals surface area contributed by atoms with Gasteiger partial charge in [0, 0.05) is 0 Å². The zero-order valence-corrected chi connectivity index (χ0v) is 23.6. The molecular weight excluding hydrogens is 420 g/mol. The molecule has 0 nitrogen and oxygen atoms in total. The number of hydrogen-bond donors (Lipinski definition) is 0. The van der Waals surface area contributed by atoms with Crippen molar-refractivity contribution in [3.05, 3.63) is 35.4 Å². The zero-order chi connectivity index (χ0) is 24.3. The second kappa shape index (κ2) is 14.8. The van der Waals surface area contributed by atoms with E-state index in [2.05, 4.69) is 38.1 Å². The van der Waals surface area contributed by atoms with Gasteiger partial charge in [0.15, 0.2) is 0 Å². The Bertz CT molecular complexity index is 664. The molecule has 3 saturated carbocycles. The van der Waals surface area contributed by atoms with Crippen LogP contribution >= 0.6 is 0 Å². The van der Waals surface area contributed by atoms with Gasteiger partial charge in [-0.1, -0.05) is 134 Å². The molecule has 0 aliphatic heterocycles. The molecule has 0 amide bonds. The van der Waals surface area contributed by atoms with Gasteiger partial charge in [-0.25, -0.2) is 0 Å². The Morgan fingerprint density at radius 1 is 0.657 bits per heavy atom. The third kappa shape index (κ3) is 8.64. The van der Waals surface area contributed by atoms with Crippen LogP contribution in [0.25, 0.3) is 0 Å². The summed E-state index contributed by atoms with van der Waals surface area (Å²) >= 11 is 0. The van der Waals surface area contributed by atoms with Crippen LogP contribution in [0.1, 0.15) is 159 Å². The molecule has 0 heterocycles. The molecule has 4 rings (SSSR count). The molecule has 1 unspecified atom stereocenters. The van der Waals surface area contributed by atoms with Crippen LogP contribution in [-0.2, 0) is 6.42 Å². The summed E-state index contributed by atoms with van der Waals surface area (Å²) in [6.07, 6.45) is 30.9. The molecule has 0 bridgehead atoms. The highest BCUT2D eigenvalue weighted by Crippen LogP contribution is 2.40. The van der Waals surface area contributed by atoms with Crippen molar-refractivity contribution in [2.24, 2.45) is 29.6 Å². The van der Waals surface area contributed by atoms with Gasteiger partial charge in [0.05, 0.1) is 0 Å². The minimum atomic E-state index is 0.832. The van der Waals surface area contributed by atoms with Gasteiger partial charge in [0.1, 0.15) is 0 Å². The lowest BCUT2D eigenvalue weighted by molar-refractivity contribution is 0.198.